The molecule has 1 aliphatic heterocycles. The standard InChI is InChI=1S/C43H54Cl2N2O7/c1-28-19-39(44)41(40(45)20-28)53-18-17-52-35-12-8-32(9-13-35)37-14-15-46-25-38(37)42(48)47(34-10-11-34)26-31-21-29(6-4-16-51-2)23-36(24-31)54-27-30-5-3-7-33(22-30)43(49)50/h8-9,12-13,19-21,23-24,30,33-34,37-38,46H,3-7,10-11,14-18,22,25-27H2,1-2H3,(H,49,50)/t30-,33+,37+,38-/m0/s1. The number of nitrogens with zero attached hydrogens (tertiary/aromatic N) is 1. The van der Waals surface area contributed by atoms with Gasteiger partial charge in [-0.1, -0.05) is 47.8 Å². The van der Waals surface area contributed by atoms with Crippen LogP contribution in [0.4, 0.5) is 0 Å². The predicted octanol–water partition coefficient (Wildman–Crippen LogP) is 8.49. The Hall–Kier alpha value is -3.50. The topological polar surface area (TPSA) is 107 Å². The maximum absolute atomic E-state index is 14.5. The largest absolute Gasteiger partial charge is 0.493 e. The number of nitrogens with one attached hydrogen (secondary N) is 1. The molecule has 0 bridgehead atoms. The number of ether oxygens (including phenoxy) is 4. The molecule has 292 valence electrons. The van der Waals surface area contributed by atoms with Crippen molar-refractivity contribution in [2.24, 2.45) is 17.8 Å². The lowest BCUT2D eigenvalue weighted by Crippen LogP contribution is -2.47. The molecule has 1 heterocycles. The van der Waals surface area contributed by atoms with Crippen LogP contribution in [0, 0.1) is 24.7 Å². The monoisotopic (exact) mass is 780 g/mol. The van der Waals surface area contributed by atoms with Crippen LogP contribution in [-0.2, 0) is 27.3 Å². The highest BCUT2D eigenvalue weighted by Crippen LogP contribution is 2.38. The first-order chi connectivity index (χ1) is 26.2. The summed E-state index contributed by atoms with van der Waals surface area (Å²) in [6.45, 7) is 5.74. The predicted molar refractivity (Wildman–Crippen MR) is 211 cm³/mol. The number of carbonyl (C=O) groups is 2. The van der Waals surface area contributed by atoms with E-state index in [1.807, 2.05) is 31.2 Å². The van der Waals surface area contributed by atoms with Gasteiger partial charge < -0.3 is 34.3 Å². The highest BCUT2D eigenvalue weighted by Gasteiger charge is 2.40. The van der Waals surface area contributed by atoms with Crippen molar-refractivity contribution in [3.8, 4) is 17.2 Å². The van der Waals surface area contributed by atoms with Crippen molar-refractivity contribution in [1.82, 2.24) is 10.2 Å². The summed E-state index contributed by atoms with van der Waals surface area (Å²) in [5.74, 6) is 1.30. The van der Waals surface area contributed by atoms with Crippen molar-refractivity contribution < 1.29 is 33.6 Å². The molecule has 1 amide bonds. The average molecular weight is 782 g/mol. The summed E-state index contributed by atoms with van der Waals surface area (Å²) in [7, 11) is 1.71. The van der Waals surface area contributed by atoms with Gasteiger partial charge in [-0.05, 0) is 135 Å². The summed E-state index contributed by atoms with van der Waals surface area (Å²) < 4.78 is 23.5. The van der Waals surface area contributed by atoms with Crippen LogP contribution >= 0.6 is 23.2 Å². The van der Waals surface area contributed by atoms with Crippen LogP contribution in [0.15, 0.2) is 54.6 Å². The zero-order valence-corrected chi connectivity index (χ0v) is 33.0. The molecule has 3 aromatic carbocycles. The lowest BCUT2D eigenvalue weighted by molar-refractivity contribution is -0.143. The maximum atomic E-state index is 14.5. The number of hydrogen-bond acceptors (Lipinski definition) is 7. The molecule has 2 saturated carbocycles. The molecule has 0 radical (unpaired) electrons. The van der Waals surface area contributed by atoms with E-state index < -0.39 is 5.97 Å². The number of halogens is 2. The van der Waals surface area contributed by atoms with Crippen molar-refractivity contribution in [2.45, 2.75) is 83.2 Å². The smallest absolute Gasteiger partial charge is 0.306 e. The third-order valence-corrected chi connectivity index (χ3v) is 11.5. The second-order valence-electron chi connectivity index (χ2n) is 15.2. The molecule has 3 aliphatic rings. The zero-order valence-electron chi connectivity index (χ0n) is 31.5. The Labute approximate surface area is 329 Å². The normalized spacial score (nSPS) is 21.3. The SMILES string of the molecule is COCCCc1cc(CN(C(=O)[C@H]2CNCC[C@@H]2c2ccc(OCCOc3c(Cl)cc(C)cc3Cl)cc2)C2CC2)cc(OC[C@H]2CCC[C@@H](C(=O)O)C2)c1. The van der Waals surface area contributed by atoms with E-state index in [-0.39, 0.29) is 35.6 Å². The summed E-state index contributed by atoms with van der Waals surface area (Å²) in [6, 6.07) is 18.3. The Morgan fingerprint density at radius 3 is 2.33 bits per heavy atom. The minimum Gasteiger partial charge on any atom is -0.493 e. The molecule has 2 aliphatic carbocycles. The summed E-state index contributed by atoms with van der Waals surface area (Å²) in [4.78, 5) is 28.3. The Kier molecular flexibility index (Phi) is 14.4. The van der Waals surface area contributed by atoms with Crippen LogP contribution in [0.25, 0.3) is 0 Å². The Balaban J connectivity index is 1.10. The van der Waals surface area contributed by atoms with Gasteiger partial charge in [-0.2, -0.15) is 0 Å². The second-order valence-corrected chi connectivity index (χ2v) is 16.0. The van der Waals surface area contributed by atoms with Crippen LogP contribution < -0.4 is 19.5 Å². The van der Waals surface area contributed by atoms with Crippen molar-refractivity contribution in [2.75, 3.05) is 46.6 Å². The minimum atomic E-state index is -0.707. The van der Waals surface area contributed by atoms with Crippen molar-refractivity contribution in [3.05, 3.63) is 86.9 Å². The van der Waals surface area contributed by atoms with Gasteiger partial charge in [-0.25, -0.2) is 0 Å². The van der Waals surface area contributed by atoms with E-state index in [2.05, 4.69) is 40.5 Å². The molecule has 54 heavy (non-hydrogen) atoms. The fraction of sp³-hybridized carbons (Fsp3) is 0.535. The number of carboxylic acid groups (broad SMARTS) is 1. The Bertz CT molecular complexity index is 1690. The van der Waals surface area contributed by atoms with Crippen molar-refractivity contribution in [1.29, 1.82) is 0 Å². The Morgan fingerprint density at radius 1 is 0.870 bits per heavy atom. The molecule has 0 unspecified atom stereocenters. The van der Waals surface area contributed by atoms with Gasteiger partial charge in [0.15, 0.2) is 5.75 Å². The Morgan fingerprint density at radius 2 is 1.61 bits per heavy atom. The van der Waals surface area contributed by atoms with Crippen LogP contribution in [0.2, 0.25) is 10.0 Å². The number of carboxylic acids is 1. The molecular weight excluding hydrogens is 727 g/mol. The molecule has 6 rings (SSSR count). The second kappa shape index (κ2) is 19.4. The van der Waals surface area contributed by atoms with E-state index in [0.717, 1.165) is 91.7 Å². The number of hydrogen-bond donors (Lipinski definition) is 2. The van der Waals surface area contributed by atoms with Gasteiger partial charge >= 0.3 is 5.97 Å². The van der Waals surface area contributed by atoms with E-state index >= 15 is 0 Å². The van der Waals surface area contributed by atoms with E-state index in [1.54, 1.807) is 7.11 Å². The molecule has 0 spiro atoms. The lowest BCUT2D eigenvalue weighted by atomic mass is 9.80. The molecular formula is C43H54Cl2N2O7. The molecule has 3 aromatic rings. The zero-order chi connectivity index (χ0) is 38.0. The van der Waals surface area contributed by atoms with E-state index in [1.165, 1.54) is 0 Å². The minimum absolute atomic E-state index is 0.0904. The van der Waals surface area contributed by atoms with Gasteiger partial charge in [-0.15, -0.1) is 0 Å². The van der Waals surface area contributed by atoms with Gasteiger partial charge in [0, 0.05) is 32.8 Å². The number of rotatable bonds is 18. The summed E-state index contributed by atoms with van der Waals surface area (Å²) >= 11 is 12.6. The highest BCUT2D eigenvalue weighted by molar-refractivity contribution is 6.37. The van der Waals surface area contributed by atoms with Crippen LogP contribution in [0.1, 0.15) is 79.5 Å². The molecule has 1 saturated heterocycles. The number of amides is 1. The first-order valence-corrected chi connectivity index (χ1v) is 20.2. The first kappa shape index (κ1) is 40.2. The number of benzene rings is 3. The summed E-state index contributed by atoms with van der Waals surface area (Å²) in [5.41, 5.74) is 4.32. The lowest BCUT2D eigenvalue weighted by Gasteiger charge is -2.36. The van der Waals surface area contributed by atoms with Crippen molar-refractivity contribution >= 4 is 35.1 Å². The first-order valence-electron chi connectivity index (χ1n) is 19.5. The molecule has 11 heteroatoms. The van der Waals surface area contributed by atoms with Crippen molar-refractivity contribution in [3.63, 3.8) is 0 Å². The maximum Gasteiger partial charge on any atom is 0.306 e. The van der Waals surface area contributed by atoms with Gasteiger partial charge in [0.2, 0.25) is 5.91 Å². The third kappa shape index (κ3) is 11.1. The third-order valence-electron chi connectivity index (χ3n) is 10.9. The van der Waals surface area contributed by atoms with Gasteiger partial charge in [0.1, 0.15) is 24.7 Å². The van der Waals surface area contributed by atoms with Crippen LogP contribution in [0.5, 0.6) is 17.2 Å². The summed E-state index contributed by atoms with van der Waals surface area (Å²) in [5, 5.41) is 14.0. The average Bonchev–Trinajstić information content (AvgIpc) is 4.01. The summed E-state index contributed by atoms with van der Waals surface area (Å²) in [6.07, 6.45) is 7.92. The number of carbonyl (C=O) groups excluding carboxylic acids is 1. The number of methoxy groups -OCH3 is 1. The number of piperidine rings is 1. The van der Waals surface area contributed by atoms with Gasteiger partial charge in [-0.3, -0.25) is 9.59 Å². The van der Waals surface area contributed by atoms with E-state index in [0.29, 0.717) is 61.7 Å². The number of aliphatic carboxylic acids is 1. The highest BCUT2D eigenvalue weighted by atomic mass is 35.5. The van der Waals surface area contributed by atoms with Crippen LogP contribution in [0.3, 0.4) is 0 Å². The van der Waals surface area contributed by atoms with Crippen LogP contribution in [-0.4, -0.2) is 74.6 Å². The molecule has 9 nitrogen and oxygen atoms in total. The quantitative estimate of drug-likeness (QED) is 0.124. The molecule has 3 fully saturated rings. The van der Waals surface area contributed by atoms with E-state index in [9.17, 15) is 14.7 Å². The van der Waals surface area contributed by atoms with Gasteiger partial charge in [0.05, 0.1) is 28.5 Å². The molecule has 4 atom stereocenters. The fourth-order valence-electron chi connectivity index (χ4n) is 7.99. The number of aryl methyl sites for hydroxylation is 2. The fourth-order valence-corrected chi connectivity index (χ4v) is 8.69. The van der Waals surface area contributed by atoms with Gasteiger partial charge in [0.25, 0.3) is 0 Å². The molecule has 2 N–H and O–H groups in total. The molecule has 0 aromatic heterocycles. The van der Waals surface area contributed by atoms with E-state index in [4.69, 9.17) is 42.1 Å².